The van der Waals surface area contributed by atoms with Gasteiger partial charge in [-0.1, -0.05) is 36.9 Å². The van der Waals surface area contributed by atoms with Gasteiger partial charge in [0, 0.05) is 0 Å². The molecular weight excluding hydrogens is 208 g/mol. The normalized spacial score (nSPS) is 24.5. The van der Waals surface area contributed by atoms with Crippen LogP contribution < -0.4 is 0 Å². The molecule has 0 spiro atoms. The third-order valence-electron chi connectivity index (χ3n) is 1.67. The van der Waals surface area contributed by atoms with Crippen LogP contribution in [0, 0.1) is 0 Å². The fourth-order valence-corrected chi connectivity index (χ4v) is 3.09. The molecule has 0 amide bonds. The van der Waals surface area contributed by atoms with E-state index in [1.165, 1.54) is 23.5 Å². The Morgan fingerprint density at radius 2 is 1.77 bits per heavy atom. The molecule has 0 aromatic rings. The Hall–Kier alpha value is 0.580. The number of rotatable bonds is 2. The highest BCUT2D eigenvalue weighted by molar-refractivity contribution is 8.17. The Labute approximate surface area is 87.6 Å². The summed E-state index contributed by atoms with van der Waals surface area (Å²) in [5, 5.41) is 10.1. The van der Waals surface area contributed by atoms with Gasteiger partial charge in [-0.2, -0.15) is 0 Å². The van der Waals surface area contributed by atoms with E-state index in [4.69, 9.17) is 9.47 Å². The number of aliphatic hydroxyl groups is 1. The molecule has 1 heterocycles. The zero-order chi connectivity index (χ0) is 9.57. The average Bonchev–Trinajstić information content (AvgIpc) is 2.18. The van der Waals surface area contributed by atoms with Gasteiger partial charge in [0.15, 0.2) is 4.27 Å². The molecular formula is C8H16O3S2. The molecule has 1 rings (SSSR count). The second kappa shape index (κ2) is 6.14. The minimum absolute atomic E-state index is 0.548. The highest BCUT2D eigenvalue weighted by Gasteiger charge is 2.27. The van der Waals surface area contributed by atoms with E-state index >= 15 is 0 Å². The van der Waals surface area contributed by atoms with Gasteiger partial charge in [-0.25, -0.2) is 0 Å². The van der Waals surface area contributed by atoms with E-state index in [0.29, 0.717) is 25.1 Å². The first-order valence-corrected chi connectivity index (χ1v) is 6.40. The summed E-state index contributed by atoms with van der Waals surface area (Å²) >= 11 is 2.91. The highest BCUT2D eigenvalue weighted by Crippen LogP contribution is 2.39. The largest absolute Gasteiger partial charge is 0.370 e. The lowest BCUT2D eigenvalue weighted by Crippen LogP contribution is -2.20. The molecule has 1 N–H and O–H groups in total. The van der Waals surface area contributed by atoms with Gasteiger partial charge in [0.2, 0.25) is 0 Å². The summed E-state index contributed by atoms with van der Waals surface area (Å²) in [6, 6.07) is 0. The van der Waals surface area contributed by atoms with Gasteiger partial charge in [0.1, 0.15) is 0 Å². The lowest BCUT2D eigenvalue weighted by molar-refractivity contribution is 0.0895. The Bertz CT molecular complexity index is 133. The van der Waals surface area contributed by atoms with Crippen LogP contribution in [0.5, 0.6) is 0 Å². The van der Waals surface area contributed by atoms with E-state index in [2.05, 4.69) is 6.92 Å². The minimum Gasteiger partial charge on any atom is -0.370 e. The molecule has 3 nitrogen and oxygen atoms in total. The van der Waals surface area contributed by atoms with E-state index < -0.39 is 4.27 Å². The van der Waals surface area contributed by atoms with E-state index in [1.54, 1.807) is 0 Å². The summed E-state index contributed by atoms with van der Waals surface area (Å²) in [7, 11) is 0. The van der Waals surface area contributed by atoms with Crippen LogP contribution in [-0.4, -0.2) is 34.5 Å². The first-order valence-electron chi connectivity index (χ1n) is 4.42. The molecule has 0 aliphatic carbocycles. The van der Waals surface area contributed by atoms with Crippen molar-refractivity contribution in [2.45, 2.75) is 24.0 Å². The van der Waals surface area contributed by atoms with Crippen molar-refractivity contribution in [3.8, 4) is 0 Å². The first-order chi connectivity index (χ1) is 6.27. The van der Waals surface area contributed by atoms with Crippen molar-refractivity contribution < 1.29 is 14.6 Å². The van der Waals surface area contributed by atoms with Crippen molar-refractivity contribution in [3.63, 3.8) is 0 Å². The van der Waals surface area contributed by atoms with E-state index in [1.807, 2.05) is 0 Å². The zero-order valence-corrected chi connectivity index (χ0v) is 9.46. The Morgan fingerprint density at radius 1 is 1.23 bits per heavy atom. The molecule has 0 saturated carbocycles. The molecule has 1 fully saturated rings. The second-order valence-electron chi connectivity index (χ2n) is 2.80. The van der Waals surface area contributed by atoms with Crippen molar-refractivity contribution >= 4 is 23.5 Å². The van der Waals surface area contributed by atoms with Crippen LogP contribution in [0.3, 0.4) is 0 Å². The van der Waals surface area contributed by atoms with Gasteiger partial charge >= 0.3 is 0 Å². The van der Waals surface area contributed by atoms with Crippen LogP contribution in [0.2, 0.25) is 0 Å². The maximum absolute atomic E-state index is 10.1. The summed E-state index contributed by atoms with van der Waals surface area (Å²) in [4.78, 5) is 0. The molecule has 0 atom stereocenters. The third-order valence-corrected chi connectivity index (χ3v) is 4.26. The molecule has 13 heavy (non-hydrogen) atoms. The van der Waals surface area contributed by atoms with Crippen molar-refractivity contribution in [2.75, 3.05) is 25.1 Å². The molecule has 5 heteroatoms. The van der Waals surface area contributed by atoms with Gasteiger partial charge in [0.05, 0.1) is 25.1 Å². The maximum Gasteiger partial charge on any atom is 0.161 e. The fourth-order valence-electron chi connectivity index (χ4n) is 1.01. The van der Waals surface area contributed by atoms with Gasteiger partial charge in [-0.05, 0) is 6.42 Å². The molecule has 1 aliphatic heterocycles. The van der Waals surface area contributed by atoms with Crippen LogP contribution in [0.15, 0.2) is 0 Å². The van der Waals surface area contributed by atoms with Gasteiger partial charge in [-0.15, -0.1) is 0 Å². The lowest BCUT2D eigenvalue weighted by Gasteiger charge is -2.24. The lowest BCUT2D eigenvalue weighted by atomic mass is 10.3. The summed E-state index contributed by atoms with van der Waals surface area (Å²) < 4.78 is 9.80. The van der Waals surface area contributed by atoms with Crippen LogP contribution in [0.1, 0.15) is 19.8 Å². The molecule has 1 saturated heterocycles. The molecule has 0 aromatic heterocycles. The topological polar surface area (TPSA) is 38.7 Å². The predicted octanol–water partition coefficient (Wildman–Crippen LogP) is 1.86. The number of hydrogen-bond donors (Lipinski definition) is 1. The predicted molar refractivity (Wildman–Crippen MR) is 56.7 cm³/mol. The van der Waals surface area contributed by atoms with Crippen molar-refractivity contribution in [3.05, 3.63) is 0 Å². The van der Waals surface area contributed by atoms with Crippen LogP contribution in [-0.2, 0) is 9.47 Å². The molecule has 0 aromatic carbocycles. The van der Waals surface area contributed by atoms with Gasteiger partial charge in [0.25, 0.3) is 0 Å². The fraction of sp³-hybridized carbons (Fsp3) is 1.00. The molecule has 0 radical (unpaired) electrons. The zero-order valence-electron chi connectivity index (χ0n) is 7.82. The second-order valence-corrected chi connectivity index (χ2v) is 5.46. The summed E-state index contributed by atoms with van der Waals surface area (Å²) in [5.41, 5.74) is 0. The maximum atomic E-state index is 10.1. The van der Waals surface area contributed by atoms with Gasteiger partial charge in [-0.3, -0.25) is 0 Å². The highest BCUT2D eigenvalue weighted by atomic mass is 32.2. The Balaban J connectivity index is 2.39. The standard InChI is InChI=1S/C8H16O3S2/c1-2-3-8(9)12-6-10-4-5-11-7-13-8/h9H,2-7H2,1H3. The van der Waals surface area contributed by atoms with E-state index in [0.717, 1.165) is 12.8 Å². The smallest absolute Gasteiger partial charge is 0.161 e. The molecule has 0 bridgehead atoms. The first kappa shape index (κ1) is 11.7. The monoisotopic (exact) mass is 224 g/mol. The molecule has 0 unspecified atom stereocenters. The minimum atomic E-state index is -0.723. The SMILES string of the molecule is CCCC1(O)SCOCCOCS1. The van der Waals surface area contributed by atoms with Crippen LogP contribution in [0.25, 0.3) is 0 Å². The van der Waals surface area contributed by atoms with Crippen LogP contribution in [0.4, 0.5) is 0 Å². The number of ether oxygens (including phenoxy) is 2. The Kier molecular flexibility index (Phi) is 5.50. The van der Waals surface area contributed by atoms with E-state index in [9.17, 15) is 5.11 Å². The Morgan fingerprint density at radius 3 is 2.23 bits per heavy atom. The van der Waals surface area contributed by atoms with Crippen molar-refractivity contribution in [1.82, 2.24) is 0 Å². The number of thioether (sulfide) groups is 2. The van der Waals surface area contributed by atoms with Crippen molar-refractivity contribution in [2.24, 2.45) is 0 Å². The van der Waals surface area contributed by atoms with Crippen molar-refractivity contribution in [1.29, 1.82) is 0 Å². The molecule has 78 valence electrons. The summed E-state index contributed by atoms with van der Waals surface area (Å²) in [5.74, 6) is 1.10. The number of hydrogen-bond acceptors (Lipinski definition) is 5. The van der Waals surface area contributed by atoms with E-state index in [-0.39, 0.29) is 0 Å². The summed E-state index contributed by atoms with van der Waals surface area (Å²) in [6.07, 6.45) is 1.74. The summed E-state index contributed by atoms with van der Waals surface area (Å²) in [6.45, 7) is 3.30. The third kappa shape index (κ3) is 4.56. The van der Waals surface area contributed by atoms with Gasteiger partial charge < -0.3 is 14.6 Å². The van der Waals surface area contributed by atoms with Crippen LogP contribution >= 0.6 is 23.5 Å². The average molecular weight is 224 g/mol. The molecule has 1 aliphatic rings. The quantitative estimate of drug-likeness (QED) is 0.775.